The predicted octanol–water partition coefficient (Wildman–Crippen LogP) is 2.65. The number of benzene rings is 1. The fourth-order valence-corrected chi connectivity index (χ4v) is 9.74. The van der Waals surface area contributed by atoms with Crippen molar-refractivity contribution >= 4 is 22.4 Å². The second kappa shape index (κ2) is 5.76. The molecule has 0 fully saturated rings. The van der Waals surface area contributed by atoms with E-state index in [4.69, 9.17) is 0 Å². The van der Waals surface area contributed by atoms with Crippen LogP contribution in [0.5, 0.6) is 0 Å². The minimum absolute atomic E-state index is 0.999. The van der Waals surface area contributed by atoms with Crippen LogP contribution >= 0.6 is 0 Å². The van der Waals surface area contributed by atoms with E-state index in [1.807, 2.05) is 18.2 Å². The molecule has 1 aromatic carbocycles. The first kappa shape index (κ1) is 12.1. The Balaban J connectivity index is 2.79. The Morgan fingerprint density at radius 3 is 2.29 bits per heavy atom. The van der Waals surface area contributed by atoms with E-state index in [9.17, 15) is 3.44 Å². The maximum absolute atomic E-state index is 10.6. The fourth-order valence-electron chi connectivity index (χ4n) is 1.74. The number of hydrogen-bond acceptors (Lipinski definition) is 1. The Bertz CT molecular complexity index is 260. The normalized spacial score (nSPS) is 15.1. The van der Waals surface area contributed by atoms with Gasteiger partial charge in [-0.15, -0.1) is 0 Å². The molecule has 14 heavy (non-hydrogen) atoms. The van der Waals surface area contributed by atoms with Crippen LogP contribution in [0.4, 0.5) is 0 Å². The molecule has 0 saturated carbocycles. The first-order chi connectivity index (χ1) is 6.73. The standard InChI is InChI=1S/C6H5.C4H9.C2H5.H2O.Sn/c1-2-4-6-5-3-1;1-3-4-2;1-2;;/h1-5H;1,3-4H2,2H3;1H2,2H3;1H2;/q;;;;+1/p-1. The monoisotopic (exact) mass is 300 g/mol. The van der Waals surface area contributed by atoms with Gasteiger partial charge in [0.05, 0.1) is 0 Å². The zero-order chi connectivity index (χ0) is 10.4. The molecule has 1 rings (SSSR count). The first-order valence-electron chi connectivity index (χ1n) is 5.51. The molecule has 2 heteroatoms. The SMILES string of the molecule is CCC[CH2][Sn]([OH])([CH2]C)[c]1ccccc1. The van der Waals surface area contributed by atoms with E-state index in [-0.39, 0.29) is 0 Å². The Kier molecular flexibility index (Phi) is 4.96. The van der Waals surface area contributed by atoms with E-state index in [2.05, 4.69) is 26.0 Å². The maximum atomic E-state index is 10.6. The summed E-state index contributed by atoms with van der Waals surface area (Å²) < 4.78 is 14.0. The van der Waals surface area contributed by atoms with Crippen molar-refractivity contribution in [3.8, 4) is 0 Å². The second-order valence-electron chi connectivity index (χ2n) is 3.85. The Hall–Kier alpha value is -0.0213. The summed E-state index contributed by atoms with van der Waals surface area (Å²) in [4.78, 5) is 0. The fraction of sp³-hybridized carbons (Fsp3) is 0.500. The van der Waals surface area contributed by atoms with Crippen molar-refractivity contribution in [3.63, 3.8) is 0 Å². The summed E-state index contributed by atoms with van der Waals surface area (Å²) >= 11 is -2.89. The van der Waals surface area contributed by atoms with Gasteiger partial charge in [-0.05, 0) is 0 Å². The van der Waals surface area contributed by atoms with Crippen molar-refractivity contribution in [2.24, 2.45) is 0 Å². The zero-order valence-corrected chi connectivity index (χ0v) is 12.0. The molecule has 0 spiro atoms. The summed E-state index contributed by atoms with van der Waals surface area (Å²) in [6.07, 6.45) is 2.36. The molecule has 0 aliphatic heterocycles. The van der Waals surface area contributed by atoms with Crippen LogP contribution in [-0.2, 0) is 0 Å². The van der Waals surface area contributed by atoms with Crippen molar-refractivity contribution in [2.75, 3.05) is 0 Å². The summed E-state index contributed by atoms with van der Waals surface area (Å²) in [5.74, 6) is 0. The molecule has 0 amide bonds. The van der Waals surface area contributed by atoms with Crippen LogP contribution in [0, 0.1) is 0 Å². The van der Waals surface area contributed by atoms with E-state index >= 15 is 0 Å². The van der Waals surface area contributed by atoms with Crippen LogP contribution < -0.4 is 3.58 Å². The second-order valence-corrected chi connectivity index (χ2v) is 14.8. The summed E-state index contributed by atoms with van der Waals surface area (Å²) in [6.45, 7) is 4.33. The van der Waals surface area contributed by atoms with Gasteiger partial charge in [0, 0.05) is 0 Å². The topological polar surface area (TPSA) is 20.2 Å². The van der Waals surface area contributed by atoms with Gasteiger partial charge >= 0.3 is 91.7 Å². The van der Waals surface area contributed by atoms with Crippen LogP contribution in [0.25, 0.3) is 0 Å². The summed E-state index contributed by atoms with van der Waals surface area (Å²) in [5, 5.41) is 0. The minimum atomic E-state index is -2.89. The number of hydrogen-bond donors (Lipinski definition) is 1. The molecule has 0 saturated heterocycles. The van der Waals surface area contributed by atoms with Crippen LogP contribution in [0.2, 0.25) is 8.87 Å². The van der Waals surface area contributed by atoms with Crippen molar-refractivity contribution < 1.29 is 3.44 Å². The van der Waals surface area contributed by atoms with Crippen molar-refractivity contribution in [1.82, 2.24) is 0 Å². The van der Waals surface area contributed by atoms with Crippen molar-refractivity contribution in [1.29, 1.82) is 0 Å². The molecule has 0 aromatic heterocycles. The molecule has 1 atom stereocenters. The Morgan fingerprint density at radius 1 is 1.14 bits per heavy atom. The van der Waals surface area contributed by atoms with E-state index in [1.54, 1.807) is 0 Å². The van der Waals surface area contributed by atoms with Gasteiger partial charge in [-0.1, -0.05) is 0 Å². The third-order valence-electron chi connectivity index (χ3n) is 2.84. The summed E-state index contributed by atoms with van der Waals surface area (Å²) in [5.41, 5.74) is 0. The van der Waals surface area contributed by atoms with Gasteiger partial charge in [0.1, 0.15) is 0 Å². The molecule has 0 heterocycles. The average Bonchev–Trinajstić information content (AvgIpc) is 2.27. The molecule has 0 bridgehead atoms. The number of rotatable bonds is 5. The van der Waals surface area contributed by atoms with Gasteiger partial charge in [-0.2, -0.15) is 0 Å². The summed E-state index contributed by atoms with van der Waals surface area (Å²) in [7, 11) is 0. The molecule has 1 nitrogen and oxygen atoms in total. The molecule has 1 unspecified atom stereocenters. The van der Waals surface area contributed by atoms with Gasteiger partial charge in [0.15, 0.2) is 0 Å². The zero-order valence-electron chi connectivity index (χ0n) is 9.16. The van der Waals surface area contributed by atoms with Crippen LogP contribution in [0.1, 0.15) is 26.7 Å². The third kappa shape index (κ3) is 2.99. The molecule has 0 radical (unpaired) electrons. The first-order valence-corrected chi connectivity index (χ1v) is 12.2. The molecule has 0 aliphatic rings. The quantitative estimate of drug-likeness (QED) is 0.829. The molecule has 1 aromatic rings. The van der Waals surface area contributed by atoms with Crippen molar-refractivity contribution in [3.05, 3.63) is 30.3 Å². The molecular weight excluding hydrogens is 279 g/mol. The van der Waals surface area contributed by atoms with E-state index in [0.29, 0.717) is 0 Å². The molecular formula is C12H20OSn. The van der Waals surface area contributed by atoms with Gasteiger partial charge in [-0.25, -0.2) is 0 Å². The average molecular weight is 299 g/mol. The Morgan fingerprint density at radius 2 is 1.79 bits per heavy atom. The Labute approximate surface area is 91.6 Å². The third-order valence-corrected chi connectivity index (χ3v) is 13.6. The molecule has 0 aliphatic carbocycles. The van der Waals surface area contributed by atoms with Crippen LogP contribution in [0.3, 0.4) is 0 Å². The molecule has 78 valence electrons. The van der Waals surface area contributed by atoms with Gasteiger partial charge in [-0.3, -0.25) is 0 Å². The van der Waals surface area contributed by atoms with Crippen molar-refractivity contribution in [2.45, 2.75) is 35.6 Å². The number of unbranched alkanes of at least 4 members (excludes halogenated alkanes) is 1. The van der Waals surface area contributed by atoms with E-state index < -0.39 is 18.8 Å². The van der Waals surface area contributed by atoms with Gasteiger partial charge in [0.2, 0.25) is 0 Å². The van der Waals surface area contributed by atoms with E-state index in [0.717, 1.165) is 8.87 Å². The van der Waals surface area contributed by atoms with Gasteiger partial charge < -0.3 is 0 Å². The van der Waals surface area contributed by atoms with Gasteiger partial charge in [0.25, 0.3) is 0 Å². The summed E-state index contributed by atoms with van der Waals surface area (Å²) in [6, 6.07) is 10.3. The van der Waals surface area contributed by atoms with E-state index in [1.165, 1.54) is 16.4 Å². The van der Waals surface area contributed by atoms with Crippen LogP contribution in [-0.4, -0.2) is 22.2 Å². The molecule has 1 N–H and O–H groups in total. The predicted molar refractivity (Wildman–Crippen MR) is 64.2 cm³/mol. The van der Waals surface area contributed by atoms with Crippen LogP contribution in [0.15, 0.2) is 30.3 Å².